The molecule has 0 aliphatic rings. The number of carbonyl (C=O) groups excluding carboxylic acids is 2. The highest BCUT2D eigenvalue weighted by Crippen LogP contribution is 2.34. The molecule has 0 aliphatic heterocycles. The number of hydrogen-bond donors (Lipinski definition) is 1. The molecule has 1 amide bonds. The second-order valence-electron chi connectivity index (χ2n) is 6.85. The van der Waals surface area contributed by atoms with Crippen LogP contribution in [-0.2, 0) is 4.79 Å². The Morgan fingerprint density at radius 3 is 2.18 bits per heavy atom. The first-order valence-electron chi connectivity index (χ1n) is 9.21. The SMILES string of the molecule is O=C(c1ccccc1)c1ccc2nc(NC(=O)C(F)(F)F)c(-c3cc(F)c(F)cc3F)n2c1. The third-order valence-corrected chi connectivity index (χ3v) is 4.67. The zero-order valence-corrected chi connectivity index (χ0v) is 16.3. The Morgan fingerprint density at radius 1 is 0.848 bits per heavy atom. The van der Waals surface area contributed by atoms with Crippen molar-refractivity contribution in [2.75, 3.05) is 5.32 Å². The first-order valence-corrected chi connectivity index (χ1v) is 9.21. The molecule has 0 radical (unpaired) electrons. The first-order chi connectivity index (χ1) is 15.6. The molecule has 0 bridgehead atoms. The molecule has 11 heteroatoms. The number of benzene rings is 2. The highest BCUT2D eigenvalue weighted by Gasteiger charge is 2.40. The summed E-state index contributed by atoms with van der Waals surface area (Å²) in [4.78, 5) is 28.1. The number of halogens is 6. The van der Waals surface area contributed by atoms with Gasteiger partial charge in [-0.2, -0.15) is 13.2 Å². The third kappa shape index (κ3) is 4.16. The van der Waals surface area contributed by atoms with Crippen LogP contribution < -0.4 is 5.32 Å². The number of ketones is 1. The molecule has 0 saturated heterocycles. The van der Waals surface area contributed by atoms with Crippen LogP contribution in [0, 0.1) is 17.5 Å². The summed E-state index contributed by atoms with van der Waals surface area (Å²) in [7, 11) is 0. The van der Waals surface area contributed by atoms with Gasteiger partial charge in [0.25, 0.3) is 0 Å². The fourth-order valence-electron chi connectivity index (χ4n) is 3.16. The van der Waals surface area contributed by atoms with Crippen LogP contribution in [-0.4, -0.2) is 27.3 Å². The molecule has 5 nitrogen and oxygen atoms in total. The summed E-state index contributed by atoms with van der Waals surface area (Å²) >= 11 is 0. The lowest BCUT2D eigenvalue weighted by atomic mass is 10.1. The molecular formula is C22H11F6N3O2. The van der Waals surface area contributed by atoms with E-state index in [0.717, 1.165) is 10.6 Å². The first kappa shape index (κ1) is 22.1. The van der Waals surface area contributed by atoms with Gasteiger partial charge in [-0.3, -0.25) is 14.0 Å². The largest absolute Gasteiger partial charge is 0.471 e. The number of aromatic nitrogens is 2. The fraction of sp³-hybridized carbons (Fsp3) is 0.0455. The lowest BCUT2D eigenvalue weighted by Crippen LogP contribution is -2.30. The van der Waals surface area contributed by atoms with E-state index in [9.17, 15) is 35.9 Å². The van der Waals surface area contributed by atoms with E-state index in [-0.39, 0.29) is 17.3 Å². The minimum atomic E-state index is -5.30. The minimum Gasteiger partial charge on any atom is -0.301 e. The number of amides is 1. The van der Waals surface area contributed by atoms with E-state index in [1.807, 2.05) is 0 Å². The van der Waals surface area contributed by atoms with Crippen LogP contribution in [0.2, 0.25) is 0 Å². The second kappa shape index (κ2) is 8.08. The molecule has 0 saturated carbocycles. The van der Waals surface area contributed by atoms with Gasteiger partial charge < -0.3 is 5.32 Å². The number of rotatable bonds is 4. The fourth-order valence-corrected chi connectivity index (χ4v) is 3.16. The van der Waals surface area contributed by atoms with Gasteiger partial charge in [-0.1, -0.05) is 30.3 Å². The van der Waals surface area contributed by atoms with E-state index in [1.165, 1.54) is 29.6 Å². The predicted molar refractivity (Wildman–Crippen MR) is 105 cm³/mol. The van der Waals surface area contributed by atoms with Crippen LogP contribution in [0.3, 0.4) is 0 Å². The van der Waals surface area contributed by atoms with Crippen LogP contribution in [0.4, 0.5) is 32.2 Å². The molecule has 33 heavy (non-hydrogen) atoms. The number of alkyl halides is 3. The number of nitrogens with one attached hydrogen (secondary N) is 1. The van der Waals surface area contributed by atoms with Gasteiger partial charge in [0, 0.05) is 29.0 Å². The van der Waals surface area contributed by atoms with Crippen LogP contribution >= 0.6 is 0 Å². The third-order valence-electron chi connectivity index (χ3n) is 4.67. The predicted octanol–water partition coefficient (Wildman–Crippen LogP) is 5.15. The van der Waals surface area contributed by atoms with Crippen molar-refractivity contribution in [3.8, 4) is 11.3 Å². The Labute approximate surface area is 181 Å². The molecule has 0 aliphatic carbocycles. The van der Waals surface area contributed by atoms with Crippen LogP contribution in [0.25, 0.3) is 16.9 Å². The van der Waals surface area contributed by atoms with Crippen molar-refractivity contribution in [3.05, 3.63) is 89.4 Å². The van der Waals surface area contributed by atoms with Crippen molar-refractivity contribution < 1.29 is 35.9 Å². The Morgan fingerprint density at radius 2 is 1.52 bits per heavy atom. The van der Waals surface area contributed by atoms with Crippen molar-refractivity contribution in [3.63, 3.8) is 0 Å². The quantitative estimate of drug-likeness (QED) is 0.259. The highest BCUT2D eigenvalue weighted by atomic mass is 19.4. The number of anilines is 1. The summed E-state index contributed by atoms with van der Waals surface area (Å²) in [6.45, 7) is 0. The Hall–Kier alpha value is -4.15. The summed E-state index contributed by atoms with van der Waals surface area (Å²) < 4.78 is 81.3. The van der Waals surface area contributed by atoms with Gasteiger partial charge in [-0.15, -0.1) is 0 Å². The van der Waals surface area contributed by atoms with E-state index in [0.29, 0.717) is 11.6 Å². The maximum atomic E-state index is 14.5. The lowest BCUT2D eigenvalue weighted by Gasteiger charge is -2.10. The maximum absolute atomic E-state index is 14.5. The van der Waals surface area contributed by atoms with E-state index >= 15 is 0 Å². The monoisotopic (exact) mass is 463 g/mol. The number of carbonyl (C=O) groups is 2. The van der Waals surface area contributed by atoms with Crippen LogP contribution in [0.5, 0.6) is 0 Å². The van der Waals surface area contributed by atoms with Gasteiger partial charge in [-0.25, -0.2) is 18.2 Å². The van der Waals surface area contributed by atoms with Crippen molar-refractivity contribution in [2.24, 2.45) is 0 Å². The molecule has 1 N–H and O–H groups in total. The van der Waals surface area contributed by atoms with E-state index in [4.69, 9.17) is 0 Å². The zero-order valence-electron chi connectivity index (χ0n) is 16.3. The minimum absolute atomic E-state index is 0.0454. The van der Waals surface area contributed by atoms with Gasteiger partial charge >= 0.3 is 12.1 Å². The van der Waals surface area contributed by atoms with Crippen molar-refractivity contribution >= 4 is 23.2 Å². The number of pyridine rings is 1. The normalized spacial score (nSPS) is 11.6. The number of hydrogen-bond acceptors (Lipinski definition) is 3. The Balaban J connectivity index is 1.94. The molecule has 0 spiro atoms. The molecule has 4 aromatic rings. The second-order valence-corrected chi connectivity index (χ2v) is 6.85. The molecule has 0 unspecified atom stereocenters. The van der Waals surface area contributed by atoms with Gasteiger partial charge in [0.05, 0.1) is 0 Å². The molecule has 168 valence electrons. The Bertz CT molecular complexity index is 1400. The van der Waals surface area contributed by atoms with Crippen LogP contribution in [0.15, 0.2) is 60.8 Å². The smallest absolute Gasteiger partial charge is 0.301 e. The van der Waals surface area contributed by atoms with Gasteiger partial charge in [0.2, 0.25) is 0 Å². The van der Waals surface area contributed by atoms with E-state index in [2.05, 4.69) is 4.98 Å². The molecule has 4 rings (SSSR count). The highest BCUT2D eigenvalue weighted by molar-refractivity contribution is 6.09. The van der Waals surface area contributed by atoms with Crippen molar-refractivity contribution in [1.29, 1.82) is 0 Å². The average molecular weight is 463 g/mol. The van der Waals surface area contributed by atoms with E-state index < -0.39 is 52.4 Å². The van der Waals surface area contributed by atoms with Gasteiger partial charge in [-0.05, 0) is 18.2 Å². The molecular weight excluding hydrogens is 452 g/mol. The topological polar surface area (TPSA) is 63.5 Å². The molecule has 2 heterocycles. The number of fused-ring (bicyclic) bond motifs is 1. The van der Waals surface area contributed by atoms with Gasteiger partial charge in [0.1, 0.15) is 17.2 Å². The molecule has 0 atom stereocenters. The summed E-state index contributed by atoms with van der Waals surface area (Å²) in [5.41, 5.74) is -0.937. The molecule has 2 aromatic carbocycles. The summed E-state index contributed by atoms with van der Waals surface area (Å²) in [5.74, 6) is -7.96. The number of imidazole rings is 1. The van der Waals surface area contributed by atoms with Crippen LogP contribution in [0.1, 0.15) is 15.9 Å². The zero-order chi connectivity index (χ0) is 23.9. The lowest BCUT2D eigenvalue weighted by molar-refractivity contribution is -0.167. The summed E-state index contributed by atoms with van der Waals surface area (Å²) in [5, 5.41) is 1.52. The summed E-state index contributed by atoms with van der Waals surface area (Å²) in [6, 6.07) is 11.2. The van der Waals surface area contributed by atoms with Crippen molar-refractivity contribution in [1.82, 2.24) is 9.38 Å². The standard InChI is InChI=1S/C22H11F6N3O2/c23-14-9-16(25)15(24)8-13(14)18-20(30-21(33)22(26,27)28)29-17-7-6-12(10-31(17)18)19(32)11-4-2-1-3-5-11/h1-10H,(H,30,33). The number of nitrogens with zero attached hydrogens (tertiary/aromatic N) is 2. The van der Waals surface area contributed by atoms with E-state index in [1.54, 1.807) is 18.2 Å². The maximum Gasteiger partial charge on any atom is 0.471 e. The molecule has 2 aromatic heterocycles. The van der Waals surface area contributed by atoms with Gasteiger partial charge in [0.15, 0.2) is 23.2 Å². The molecule has 0 fully saturated rings. The Kier molecular flexibility index (Phi) is 5.40. The van der Waals surface area contributed by atoms with Crippen molar-refractivity contribution in [2.45, 2.75) is 6.18 Å². The average Bonchev–Trinajstić information content (AvgIpc) is 3.12. The summed E-state index contributed by atoms with van der Waals surface area (Å²) in [6.07, 6.45) is -4.15.